The topological polar surface area (TPSA) is 97.4 Å². The maximum Gasteiger partial charge on any atom is 0.573 e. The number of rotatable bonds is 11. The number of ether oxygens (including phenoxy) is 1. The lowest BCUT2D eigenvalue weighted by atomic mass is 10.1. The van der Waals surface area contributed by atoms with E-state index in [-0.39, 0.29) is 22.8 Å². The van der Waals surface area contributed by atoms with E-state index in [1.807, 2.05) is 12.1 Å². The Balaban J connectivity index is 1.27. The van der Waals surface area contributed by atoms with Crippen LogP contribution in [-0.4, -0.2) is 38.6 Å². The third-order valence-corrected chi connectivity index (χ3v) is 7.38. The second-order valence-corrected chi connectivity index (χ2v) is 10.8. The van der Waals surface area contributed by atoms with Crippen molar-refractivity contribution >= 4 is 49.9 Å². The quantitative estimate of drug-likeness (QED) is 0.118. The second kappa shape index (κ2) is 12.5. The summed E-state index contributed by atoms with van der Waals surface area (Å²) >= 11 is 6.03. The van der Waals surface area contributed by atoms with Crippen molar-refractivity contribution in [2.24, 2.45) is 0 Å². The zero-order valence-electron chi connectivity index (χ0n) is 20.8. The Morgan fingerprint density at radius 1 is 0.975 bits per heavy atom. The first-order chi connectivity index (χ1) is 19.0. The van der Waals surface area contributed by atoms with Crippen LogP contribution in [0.2, 0.25) is 5.02 Å². The summed E-state index contributed by atoms with van der Waals surface area (Å²) in [5, 5.41) is 5.71. The number of allylic oxidation sites excluding steroid dienone is 1. The van der Waals surface area contributed by atoms with Crippen LogP contribution in [0.25, 0.3) is 16.8 Å². The molecule has 0 saturated carbocycles. The molecule has 0 aliphatic rings. The van der Waals surface area contributed by atoms with Gasteiger partial charge in [-0.05, 0) is 66.6 Å². The summed E-state index contributed by atoms with van der Waals surface area (Å²) in [6.07, 6.45) is 1.81. The Morgan fingerprint density at radius 2 is 1.70 bits per heavy atom. The molecular formula is C28H23ClF3N3O4S. The van der Waals surface area contributed by atoms with Gasteiger partial charge in [0.05, 0.1) is 16.8 Å². The molecule has 0 atom stereocenters. The highest BCUT2D eigenvalue weighted by Crippen LogP contribution is 2.25. The number of anilines is 1. The highest BCUT2D eigenvalue weighted by molar-refractivity contribution is 7.89. The maximum absolute atomic E-state index is 12.6. The van der Waals surface area contributed by atoms with E-state index in [9.17, 15) is 26.4 Å². The molecule has 0 radical (unpaired) electrons. The first-order valence-corrected chi connectivity index (χ1v) is 13.8. The molecule has 7 nitrogen and oxygen atoms in total. The number of nitrogens with zero attached hydrogens (tertiary/aromatic N) is 1. The average Bonchev–Trinajstić information content (AvgIpc) is 2.91. The van der Waals surface area contributed by atoms with Crippen molar-refractivity contribution < 1.29 is 31.1 Å². The number of hydrogen-bond acceptors (Lipinski definition) is 6. The minimum absolute atomic E-state index is 0.0105. The summed E-state index contributed by atoms with van der Waals surface area (Å²) in [6, 6.07) is 16.0. The molecule has 0 fully saturated rings. The Labute approximate surface area is 233 Å². The van der Waals surface area contributed by atoms with Crippen LogP contribution in [0.3, 0.4) is 0 Å². The fourth-order valence-corrected chi connectivity index (χ4v) is 4.99. The summed E-state index contributed by atoms with van der Waals surface area (Å²) < 4.78 is 68.4. The Kier molecular flexibility index (Phi) is 9.08. The lowest BCUT2D eigenvalue weighted by Gasteiger charge is -2.10. The monoisotopic (exact) mass is 589 g/mol. The number of hydrogen-bond donors (Lipinski definition) is 2. The van der Waals surface area contributed by atoms with Gasteiger partial charge in [-0.3, -0.25) is 9.78 Å². The molecular weight excluding hydrogens is 567 g/mol. The van der Waals surface area contributed by atoms with Crippen LogP contribution >= 0.6 is 11.6 Å². The van der Waals surface area contributed by atoms with Crippen molar-refractivity contribution in [3.05, 3.63) is 101 Å². The lowest BCUT2D eigenvalue weighted by molar-refractivity contribution is -0.274. The van der Waals surface area contributed by atoms with Gasteiger partial charge in [0.1, 0.15) is 5.75 Å². The number of pyridine rings is 1. The van der Waals surface area contributed by atoms with E-state index >= 15 is 0 Å². The molecule has 1 heterocycles. The molecule has 208 valence electrons. The molecule has 40 heavy (non-hydrogen) atoms. The summed E-state index contributed by atoms with van der Waals surface area (Å²) in [7, 11) is -3.79. The van der Waals surface area contributed by atoms with E-state index in [0.717, 1.165) is 28.6 Å². The maximum atomic E-state index is 12.6. The third-order valence-electron chi connectivity index (χ3n) is 5.67. The number of sulfonamides is 1. The highest BCUT2D eigenvalue weighted by atomic mass is 35.5. The van der Waals surface area contributed by atoms with E-state index in [1.165, 1.54) is 48.6 Å². The van der Waals surface area contributed by atoms with Crippen LogP contribution in [-0.2, 0) is 10.0 Å². The molecule has 0 bridgehead atoms. The molecule has 3 aromatic carbocycles. The largest absolute Gasteiger partial charge is 0.573 e. The number of carbonyl (C=O) groups excluding carboxylic acids is 1. The van der Waals surface area contributed by atoms with Gasteiger partial charge in [0.25, 0.3) is 0 Å². The number of carbonyl (C=O) groups is 1. The molecule has 0 aliphatic heterocycles. The summed E-state index contributed by atoms with van der Waals surface area (Å²) in [4.78, 5) is 16.7. The number of ketones is 1. The molecule has 0 saturated heterocycles. The normalized spacial score (nSPS) is 12.1. The number of nitrogens with one attached hydrogen (secondary N) is 2. The number of benzene rings is 3. The van der Waals surface area contributed by atoms with Crippen LogP contribution in [0.4, 0.5) is 18.9 Å². The summed E-state index contributed by atoms with van der Waals surface area (Å²) in [6.45, 7) is 0.694. The van der Waals surface area contributed by atoms with Crippen molar-refractivity contribution in [1.29, 1.82) is 0 Å². The van der Waals surface area contributed by atoms with E-state index in [1.54, 1.807) is 18.5 Å². The lowest BCUT2D eigenvalue weighted by Crippen LogP contribution is -2.26. The summed E-state index contributed by atoms with van der Waals surface area (Å²) in [5.74, 6) is -0.769. The molecule has 0 amide bonds. The van der Waals surface area contributed by atoms with Crippen molar-refractivity contribution in [3.8, 4) is 5.75 Å². The van der Waals surface area contributed by atoms with Crippen LogP contribution in [0.5, 0.6) is 5.75 Å². The zero-order valence-corrected chi connectivity index (χ0v) is 22.4. The van der Waals surface area contributed by atoms with E-state index in [4.69, 9.17) is 11.6 Å². The molecule has 12 heteroatoms. The van der Waals surface area contributed by atoms with Gasteiger partial charge in [0.15, 0.2) is 5.78 Å². The molecule has 4 aromatic rings. The predicted molar refractivity (Wildman–Crippen MR) is 148 cm³/mol. The molecule has 0 spiro atoms. The fourth-order valence-electron chi connectivity index (χ4n) is 3.74. The zero-order chi connectivity index (χ0) is 28.8. The van der Waals surface area contributed by atoms with E-state index in [2.05, 4.69) is 19.8 Å². The first kappa shape index (κ1) is 29.1. The Hall–Kier alpha value is -3.93. The van der Waals surface area contributed by atoms with Gasteiger partial charge in [-0.25, -0.2) is 13.1 Å². The minimum atomic E-state index is -4.79. The first-order valence-electron chi connectivity index (χ1n) is 12.0. The number of alkyl halides is 3. The van der Waals surface area contributed by atoms with Crippen LogP contribution in [0.15, 0.2) is 90.1 Å². The van der Waals surface area contributed by atoms with Crippen molar-refractivity contribution in [2.45, 2.75) is 17.7 Å². The average molecular weight is 590 g/mol. The van der Waals surface area contributed by atoms with Gasteiger partial charge >= 0.3 is 6.36 Å². The second-order valence-electron chi connectivity index (χ2n) is 8.57. The van der Waals surface area contributed by atoms with Crippen molar-refractivity contribution in [3.63, 3.8) is 0 Å². The molecule has 0 unspecified atom stereocenters. The van der Waals surface area contributed by atoms with Gasteiger partial charge in [-0.15, -0.1) is 13.2 Å². The van der Waals surface area contributed by atoms with Crippen LogP contribution in [0, 0.1) is 0 Å². The Bertz CT molecular complexity index is 1630. The highest BCUT2D eigenvalue weighted by Gasteiger charge is 2.30. The molecule has 1 aromatic heterocycles. The van der Waals surface area contributed by atoms with Gasteiger partial charge in [0.2, 0.25) is 10.0 Å². The van der Waals surface area contributed by atoms with Crippen LogP contribution in [0.1, 0.15) is 22.3 Å². The van der Waals surface area contributed by atoms with Gasteiger partial charge < -0.3 is 10.1 Å². The predicted octanol–water partition coefficient (Wildman–Crippen LogP) is 6.46. The standard InChI is InChI=1S/C28H23ClF3N3O4S/c29-22-7-12-25-21(16-22)17-33-18-26(25)34-14-1-15-35-40(37,38)24-10-5-20(6-11-24)27(36)13-4-19-2-8-23(9-3-19)39-28(30,31)32/h2-13,16-18,34-35H,1,14-15H2/b13-4+. The van der Waals surface area contributed by atoms with Gasteiger partial charge in [-0.1, -0.05) is 35.9 Å². The minimum Gasteiger partial charge on any atom is -0.406 e. The third kappa shape index (κ3) is 8.04. The van der Waals surface area contributed by atoms with Crippen LogP contribution < -0.4 is 14.8 Å². The number of aromatic nitrogens is 1. The number of halogens is 4. The molecule has 0 aliphatic carbocycles. The van der Waals surface area contributed by atoms with E-state index < -0.39 is 22.2 Å². The van der Waals surface area contributed by atoms with E-state index in [0.29, 0.717) is 23.6 Å². The smallest absolute Gasteiger partial charge is 0.406 e. The molecule has 2 N–H and O–H groups in total. The SMILES string of the molecule is O=C(/C=C/c1ccc(OC(F)(F)F)cc1)c1ccc(S(=O)(=O)NCCCNc2cncc3cc(Cl)ccc23)cc1. The summed E-state index contributed by atoms with van der Waals surface area (Å²) in [5.41, 5.74) is 1.56. The van der Waals surface area contributed by atoms with Gasteiger partial charge in [0, 0.05) is 40.6 Å². The number of fused-ring (bicyclic) bond motifs is 1. The van der Waals surface area contributed by atoms with Gasteiger partial charge in [-0.2, -0.15) is 0 Å². The fraction of sp³-hybridized carbons (Fsp3) is 0.143. The molecule has 4 rings (SSSR count). The van der Waals surface area contributed by atoms with Crippen molar-refractivity contribution in [2.75, 3.05) is 18.4 Å². The Morgan fingerprint density at radius 3 is 2.40 bits per heavy atom. The van der Waals surface area contributed by atoms with Crippen molar-refractivity contribution in [1.82, 2.24) is 9.71 Å².